The maximum atomic E-state index is 14.2. The quantitative estimate of drug-likeness (QED) is 0.554. The number of halogens is 2. The fourth-order valence-corrected chi connectivity index (χ4v) is 3.71. The number of rotatable bonds is 3. The monoisotopic (exact) mass is 370 g/mol. The van der Waals surface area contributed by atoms with Gasteiger partial charge in [-0.05, 0) is 29.1 Å². The van der Waals surface area contributed by atoms with E-state index in [4.69, 9.17) is 0 Å². The van der Waals surface area contributed by atoms with E-state index in [0.717, 1.165) is 22.3 Å². The Bertz CT molecular complexity index is 1230. The van der Waals surface area contributed by atoms with Crippen LogP contribution in [0.3, 0.4) is 0 Å². The Balaban J connectivity index is 2.03. The number of hydrogen-bond acceptors (Lipinski definition) is 3. The Morgan fingerprint density at radius 3 is 2.46 bits per heavy atom. The molecule has 2 heterocycles. The summed E-state index contributed by atoms with van der Waals surface area (Å²) in [5, 5.41) is 1.71. The lowest BCUT2D eigenvalue weighted by Gasteiger charge is -2.13. The number of aromatic nitrogens is 2. The van der Waals surface area contributed by atoms with Crippen molar-refractivity contribution in [1.29, 1.82) is 0 Å². The standard InChI is InChI=1S/C19H12F2N2O2S/c20-13-6-7-15(14(21)10-13)23-18(24)17-16(8-9-26-17)22(19(23)25)11-12-4-2-1-3-5-12/h1-10H,11H2. The van der Waals surface area contributed by atoms with E-state index >= 15 is 0 Å². The molecule has 0 unspecified atom stereocenters. The van der Waals surface area contributed by atoms with E-state index < -0.39 is 22.9 Å². The minimum atomic E-state index is -0.966. The lowest BCUT2D eigenvalue weighted by Crippen LogP contribution is -2.39. The fourth-order valence-electron chi connectivity index (χ4n) is 2.88. The topological polar surface area (TPSA) is 44.0 Å². The molecule has 130 valence electrons. The van der Waals surface area contributed by atoms with Gasteiger partial charge >= 0.3 is 5.69 Å². The second-order valence-corrected chi connectivity index (χ2v) is 6.64. The molecule has 0 N–H and O–H groups in total. The van der Waals surface area contributed by atoms with Crippen molar-refractivity contribution in [2.75, 3.05) is 0 Å². The first kappa shape index (κ1) is 16.4. The van der Waals surface area contributed by atoms with Gasteiger partial charge in [-0.1, -0.05) is 30.3 Å². The predicted molar refractivity (Wildman–Crippen MR) is 97.1 cm³/mol. The molecule has 4 aromatic rings. The molecule has 0 atom stereocenters. The van der Waals surface area contributed by atoms with Crippen LogP contribution in [0.2, 0.25) is 0 Å². The first-order valence-electron chi connectivity index (χ1n) is 7.78. The van der Waals surface area contributed by atoms with Gasteiger partial charge in [-0.3, -0.25) is 9.36 Å². The summed E-state index contributed by atoms with van der Waals surface area (Å²) in [6.07, 6.45) is 0. The Morgan fingerprint density at radius 2 is 1.73 bits per heavy atom. The van der Waals surface area contributed by atoms with Crippen molar-refractivity contribution < 1.29 is 8.78 Å². The predicted octanol–water partition coefficient (Wildman–Crippen LogP) is 3.54. The molecule has 2 aromatic heterocycles. The van der Waals surface area contributed by atoms with Gasteiger partial charge in [0.25, 0.3) is 5.56 Å². The largest absolute Gasteiger partial charge is 0.336 e. The zero-order chi connectivity index (χ0) is 18.3. The lowest BCUT2D eigenvalue weighted by atomic mass is 10.2. The van der Waals surface area contributed by atoms with Crippen molar-refractivity contribution in [2.24, 2.45) is 0 Å². The average Bonchev–Trinajstić information content (AvgIpc) is 3.11. The first-order valence-corrected chi connectivity index (χ1v) is 8.66. The highest BCUT2D eigenvalue weighted by Crippen LogP contribution is 2.19. The van der Waals surface area contributed by atoms with Crippen LogP contribution in [-0.2, 0) is 6.54 Å². The SMILES string of the molecule is O=c1c2sccc2n(Cc2ccccc2)c(=O)n1-c1ccc(F)cc1F. The highest BCUT2D eigenvalue weighted by Gasteiger charge is 2.18. The number of fused-ring (bicyclic) bond motifs is 1. The van der Waals surface area contributed by atoms with Crippen LogP contribution in [0.5, 0.6) is 0 Å². The summed E-state index contributed by atoms with van der Waals surface area (Å²) in [4.78, 5) is 25.8. The number of nitrogens with zero attached hydrogens (tertiary/aromatic N) is 2. The molecule has 0 aliphatic rings. The molecule has 26 heavy (non-hydrogen) atoms. The van der Waals surface area contributed by atoms with Gasteiger partial charge in [0.15, 0.2) is 0 Å². The van der Waals surface area contributed by atoms with Gasteiger partial charge in [0, 0.05) is 6.07 Å². The Hall–Kier alpha value is -3.06. The minimum Gasteiger partial charge on any atom is -0.288 e. The van der Waals surface area contributed by atoms with E-state index in [9.17, 15) is 18.4 Å². The maximum absolute atomic E-state index is 14.2. The summed E-state index contributed by atoms with van der Waals surface area (Å²) < 4.78 is 30.0. The van der Waals surface area contributed by atoms with Crippen LogP contribution in [-0.4, -0.2) is 9.13 Å². The smallest absolute Gasteiger partial charge is 0.288 e. The van der Waals surface area contributed by atoms with E-state index in [0.29, 0.717) is 16.3 Å². The maximum Gasteiger partial charge on any atom is 0.336 e. The molecular formula is C19H12F2N2O2S. The van der Waals surface area contributed by atoms with Gasteiger partial charge in [0.05, 0.1) is 17.7 Å². The minimum absolute atomic E-state index is 0.232. The summed E-state index contributed by atoms with van der Waals surface area (Å²) in [7, 11) is 0. The van der Waals surface area contributed by atoms with E-state index in [1.54, 1.807) is 11.4 Å². The van der Waals surface area contributed by atoms with Crippen LogP contribution in [0.1, 0.15) is 5.56 Å². The second-order valence-electron chi connectivity index (χ2n) is 5.73. The molecule has 0 radical (unpaired) electrons. The Morgan fingerprint density at radius 1 is 0.962 bits per heavy atom. The van der Waals surface area contributed by atoms with Gasteiger partial charge < -0.3 is 0 Å². The molecule has 0 spiro atoms. The number of benzene rings is 2. The molecule has 0 aliphatic heterocycles. The molecule has 4 rings (SSSR count). The van der Waals surface area contributed by atoms with Gasteiger partial charge in [0.2, 0.25) is 0 Å². The van der Waals surface area contributed by atoms with Crippen LogP contribution in [0.4, 0.5) is 8.78 Å². The molecule has 0 bridgehead atoms. The second kappa shape index (κ2) is 6.34. The first-order chi connectivity index (χ1) is 12.6. The third-order valence-corrected chi connectivity index (χ3v) is 4.98. The zero-order valence-corrected chi connectivity index (χ0v) is 14.2. The van der Waals surface area contributed by atoms with Gasteiger partial charge in [-0.15, -0.1) is 11.3 Å². The lowest BCUT2D eigenvalue weighted by molar-refractivity contribution is 0.572. The fraction of sp³-hybridized carbons (Fsp3) is 0.0526. The van der Waals surface area contributed by atoms with E-state index in [2.05, 4.69) is 0 Å². The average molecular weight is 370 g/mol. The van der Waals surface area contributed by atoms with Gasteiger partial charge in [-0.2, -0.15) is 0 Å². The Kier molecular flexibility index (Phi) is 4.00. The van der Waals surface area contributed by atoms with Gasteiger partial charge in [-0.25, -0.2) is 18.1 Å². The molecule has 0 amide bonds. The van der Waals surface area contributed by atoms with E-state index in [-0.39, 0.29) is 12.2 Å². The van der Waals surface area contributed by atoms with Crippen LogP contribution >= 0.6 is 11.3 Å². The van der Waals surface area contributed by atoms with Crippen molar-refractivity contribution >= 4 is 21.6 Å². The Labute approximate surface area is 150 Å². The van der Waals surface area contributed by atoms with Crippen molar-refractivity contribution in [3.05, 3.63) is 98.0 Å². The summed E-state index contributed by atoms with van der Waals surface area (Å²) >= 11 is 1.18. The molecule has 0 saturated carbocycles. The van der Waals surface area contributed by atoms with E-state index in [1.165, 1.54) is 15.9 Å². The van der Waals surface area contributed by atoms with Crippen molar-refractivity contribution in [3.8, 4) is 5.69 Å². The zero-order valence-electron chi connectivity index (χ0n) is 13.4. The van der Waals surface area contributed by atoms with Crippen LogP contribution < -0.4 is 11.2 Å². The summed E-state index contributed by atoms with van der Waals surface area (Å²) in [6, 6.07) is 13.7. The molecule has 7 heteroatoms. The van der Waals surface area contributed by atoms with Gasteiger partial charge in [0.1, 0.15) is 16.3 Å². The summed E-state index contributed by atoms with van der Waals surface area (Å²) in [5.41, 5.74) is -0.192. The highest BCUT2D eigenvalue weighted by atomic mass is 32.1. The van der Waals surface area contributed by atoms with Crippen molar-refractivity contribution in [1.82, 2.24) is 9.13 Å². The summed E-state index contributed by atoms with van der Waals surface area (Å²) in [6.45, 7) is 0.232. The van der Waals surface area contributed by atoms with Crippen molar-refractivity contribution in [3.63, 3.8) is 0 Å². The van der Waals surface area contributed by atoms with E-state index in [1.807, 2.05) is 30.3 Å². The molecule has 0 fully saturated rings. The molecule has 0 aliphatic carbocycles. The third kappa shape index (κ3) is 2.66. The third-order valence-electron chi connectivity index (χ3n) is 4.09. The molecule has 2 aromatic carbocycles. The molecular weight excluding hydrogens is 358 g/mol. The molecule has 0 saturated heterocycles. The summed E-state index contributed by atoms with van der Waals surface area (Å²) in [5.74, 6) is -1.74. The van der Waals surface area contributed by atoms with Crippen molar-refractivity contribution in [2.45, 2.75) is 6.54 Å². The normalized spacial score (nSPS) is 11.2. The highest BCUT2D eigenvalue weighted by molar-refractivity contribution is 7.17. The van der Waals surface area contributed by atoms with Crippen LogP contribution in [0.15, 0.2) is 69.6 Å². The number of thiophene rings is 1. The molecule has 4 nitrogen and oxygen atoms in total. The van der Waals surface area contributed by atoms with Crippen LogP contribution in [0.25, 0.3) is 15.9 Å². The number of hydrogen-bond donors (Lipinski definition) is 0. The van der Waals surface area contributed by atoms with Crippen LogP contribution in [0, 0.1) is 11.6 Å².